The molecular formula is C37H43BrF3N5O11. The summed E-state index contributed by atoms with van der Waals surface area (Å²) in [7, 11) is 1.09. The lowest BCUT2D eigenvalue weighted by Crippen LogP contribution is -2.42. The van der Waals surface area contributed by atoms with E-state index in [1.165, 1.54) is 34.9 Å². The van der Waals surface area contributed by atoms with Gasteiger partial charge in [-0.2, -0.15) is 13.2 Å². The fourth-order valence-corrected chi connectivity index (χ4v) is 5.36. The summed E-state index contributed by atoms with van der Waals surface area (Å²) < 4.78 is 47.1. The van der Waals surface area contributed by atoms with Crippen LogP contribution in [0.25, 0.3) is 5.69 Å². The number of carbonyl (C=O) groups excluding carboxylic acids is 4. The zero-order valence-electron chi connectivity index (χ0n) is 31.7. The summed E-state index contributed by atoms with van der Waals surface area (Å²) in [4.78, 5) is 79.1. The first-order chi connectivity index (χ1) is 26.7. The Labute approximate surface area is 333 Å². The van der Waals surface area contributed by atoms with Crippen LogP contribution in [0.3, 0.4) is 0 Å². The van der Waals surface area contributed by atoms with Crippen LogP contribution < -0.4 is 10.9 Å². The molecule has 3 aromatic rings. The number of carbonyl (C=O) groups is 5. The summed E-state index contributed by atoms with van der Waals surface area (Å²) in [5.74, 6) is -4.05. The van der Waals surface area contributed by atoms with Crippen molar-refractivity contribution in [1.29, 1.82) is 0 Å². The Hall–Kier alpha value is -5.60. The molecule has 16 nitrogen and oxygen atoms in total. The first kappa shape index (κ1) is 47.6. The van der Waals surface area contributed by atoms with Crippen LogP contribution >= 0.6 is 15.9 Å². The van der Waals surface area contributed by atoms with Crippen LogP contribution in [0.1, 0.15) is 60.4 Å². The van der Waals surface area contributed by atoms with Crippen molar-refractivity contribution in [2.45, 2.75) is 78.1 Å². The number of anilines is 1. The molecule has 0 saturated heterocycles. The highest BCUT2D eigenvalue weighted by atomic mass is 79.9. The normalized spacial score (nSPS) is 14.7. The number of carboxylic acid groups (broad SMARTS) is 1. The molecule has 4 atom stereocenters. The molecule has 1 aliphatic heterocycles. The molecule has 3 amide bonds. The van der Waals surface area contributed by atoms with E-state index >= 15 is 0 Å². The minimum atomic E-state index is -4.27. The van der Waals surface area contributed by atoms with Crippen LogP contribution in [0.5, 0.6) is 0 Å². The van der Waals surface area contributed by atoms with Crippen molar-refractivity contribution in [3.63, 3.8) is 0 Å². The number of rotatable bonds is 11. The van der Waals surface area contributed by atoms with Crippen molar-refractivity contribution in [3.8, 4) is 5.69 Å². The Balaban J connectivity index is 0.000000676. The summed E-state index contributed by atoms with van der Waals surface area (Å²) in [6.45, 7) is 12.1. The number of aromatic nitrogens is 2. The smallest absolute Gasteiger partial charge is 0.419 e. The molecule has 310 valence electrons. The quantitative estimate of drug-likeness (QED) is 0.0909. The third-order valence-electron chi connectivity index (χ3n) is 8.06. The van der Waals surface area contributed by atoms with E-state index in [2.05, 4.69) is 42.3 Å². The van der Waals surface area contributed by atoms with Gasteiger partial charge < -0.3 is 35.0 Å². The number of imide groups is 1. The average molecular weight is 871 g/mol. The van der Waals surface area contributed by atoms with E-state index in [4.69, 9.17) is 10.2 Å². The Kier molecular flexibility index (Phi) is 17.6. The van der Waals surface area contributed by atoms with Gasteiger partial charge in [0.05, 0.1) is 23.5 Å². The highest BCUT2D eigenvalue weighted by Gasteiger charge is 2.33. The molecule has 4 N–H and O–H groups in total. The topological polar surface area (TPSA) is 218 Å². The number of esters is 1. The maximum Gasteiger partial charge on any atom is 0.419 e. The van der Waals surface area contributed by atoms with E-state index in [0.29, 0.717) is 40.2 Å². The zero-order chi connectivity index (χ0) is 43.4. The third kappa shape index (κ3) is 12.4. The summed E-state index contributed by atoms with van der Waals surface area (Å²) >= 11 is 2.85. The van der Waals surface area contributed by atoms with Crippen molar-refractivity contribution >= 4 is 52.2 Å². The SMILES string of the molecule is C=CC(C)Nc1nc2c(c(=O)n1-c1ccc(C(=O)N(C)C(=O)OCOC(=O)C(O)C(O)C(=O)O)cc1)CC(C)N(C=O)C2.CC.Cc1ccc(Br)c(C(F)(F)F)c1. The van der Waals surface area contributed by atoms with Gasteiger partial charge in [-0.1, -0.05) is 47.5 Å². The fourth-order valence-electron chi connectivity index (χ4n) is 4.89. The number of nitrogens with one attached hydrogen (secondary N) is 1. The van der Waals surface area contributed by atoms with Crippen LogP contribution in [0.2, 0.25) is 0 Å². The zero-order valence-corrected chi connectivity index (χ0v) is 33.3. The van der Waals surface area contributed by atoms with Gasteiger partial charge in [-0.25, -0.2) is 28.8 Å². The molecule has 20 heteroatoms. The molecule has 2 aromatic carbocycles. The summed E-state index contributed by atoms with van der Waals surface area (Å²) in [5.41, 5.74) is 0.944. The molecule has 0 spiro atoms. The largest absolute Gasteiger partial charge is 0.479 e. The lowest BCUT2D eigenvalue weighted by atomic mass is 10.0. The molecule has 57 heavy (non-hydrogen) atoms. The van der Waals surface area contributed by atoms with Gasteiger partial charge in [0.1, 0.15) is 0 Å². The number of alkyl halides is 3. The molecule has 4 unspecified atom stereocenters. The first-order valence-electron chi connectivity index (χ1n) is 17.1. The number of aliphatic hydroxyl groups excluding tert-OH is 2. The van der Waals surface area contributed by atoms with Crippen LogP contribution in [0.15, 0.2) is 64.4 Å². The number of fused-ring (bicyclic) bond motifs is 1. The van der Waals surface area contributed by atoms with Gasteiger partial charge in [-0.15, -0.1) is 6.58 Å². The molecule has 0 bridgehead atoms. The number of hydrogen-bond donors (Lipinski definition) is 4. The van der Waals surface area contributed by atoms with Gasteiger partial charge in [0.25, 0.3) is 11.5 Å². The fraction of sp³-hybridized carbons (Fsp3) is 0.378. The van der Waals surface area contributed by atoms with Gasteiger partial charge in [-0.3, -0.25) is 14.4 Å². The van der Waals surface area contributed by atoms with E-state index in [1.54, 1.807) is 24.0 Å². The molecule has 2 heterocycles. The van der Waals surface area contributed by atoms with Gasteiger partial charge in [0, 0.05) is 34.7 Å². The Morgan fingerprint density at radius 3 is 2.25 bits per heavy atom. The van der Waals surface area contributed by atoms with E-state index in [1.807, 2.05) is 27.7 Å². The van der Waals surface area contributed by atoms with Gasteiger partial charge in [-0.05, 0) is 63.6 Å². The molecule has 0 radical (unpaired) electrons. The van der Waals surface area contributed by atoms with Crippen molar-refractivity contribution in [3.05, 3.63) is 97.9 Å². The molecule has 0 saturated carbocycles. The molecular weight excluding hydrogens is 827 g/mol. The molecule has 1 aliphatic rings. The minimum absolute atomic E-state index is 0.0309. The van der Waals surface area contributed by atoms with Gasteiger partial charge >= 0.3 is 24.2 Å². The number of nitrogens with zero attached hydrogens (tertiary/aromatic N) is 4. The number of ether oxygens (including phenoxy) is 2. The van der Waals surface area contributed by atoms with Crippen molar-refractivity contribution in [1.82, 2.24) is 19.4 Å². The molecule has 1 aromatic heterocycles. The van der Waals surface area contributed by atoms with Crippen molar-refractivity contribution in [2.24, 2.45) is 0 Å². The lowest BCUT2D eigenvalue weighted by Gasteiger charge is -2.31. The Morgan fingerprint density at radius 1 is 1.11 bits per heavy atom. The summed E-state index contributed by atoms with van der Waals surface area (Å²) in [6.07, 6.45) is -7.75. The highest BCUT2D eigenvalue weighted by molar-refractivity contribution is 9.10. The van der Waals surface area contributed by atoms with E-state index in [9.17, 15) is 47.0 Å². The van der Waals surface area contributed by atoms with E-state index in [0.717, 1.165) is 13.1 Å². The number of aliphatic carboxylic acids is 1. The Bertz CT molecular complexity index is 1990. The van der Waals surface area contributed by atoms with Gasteiger partial charge in [0.15, 0.2) is 12.2 Å². The highest BCUT2D eigenvalue weighted by Crippen LogP contribution is 2.35. The standard InChI is InChI=1S/C27H31N5O11.C8H6BrF3.C2H6/c1-5-14(2)28-26-29-19-11-31(12-33)15(3)10-18(19)23(37)32(26)17-8-6-16(7-9-17)22(36)30(4)27(41)43-13-42-25(40)21(35)20(34)24(38)39;1-5-2-3-7(9)6(4-5)8(10,11)12;1-2/h5-9,12,14-15,20-21,34-35H,1,10-11,13H2,2-4H3,(H,28,29)(H,38,39);2-4H,1H3;1-2H3. The number of hydrogen-bond acceptors (Lipinski definition) is 12. The number of benzene rings is 2. The monoisotopic (exact) mass is 869 g/mol. The van der Waals surface area contributed by atoms with E-state index < -0.39 is 54.7 Å². The van der Waals surface area contributed by atoms with E-state index in [-0.39, 0.29) is 40.2 Å². The number of carboxylic acids is 1. The number of aliphatic hydroxyl groups is 2. The van der Waals surface area contributed by atoms with Crippen LogP contribution in [-0.2, 0) is 43.0 Å². The second-order valence-electron chi connectivity index (χ2n) is 12.1. The maximum atomic E-state index is 13.6. The van der Waals surface area contributed by atoms with Crippen LogP contribution in [0.4, 0.5) is 23.9 Å². The predicted octanol–water partition coefficient (Wildman–Crippen LogP) is 4.44. The van der Waals surface area contributed by atoms with Crippen LogP contribution in [0, 0.1) is 6.92 Å². The lowest BCUT2D eigenvalue weighted by molar-refractivity contribution is -0.175. The Morgan fingerprint density at radius 2 is 1.72 bits per heavy atom. The number of halogens is 4. The second kappa shape index (κ2) is 21.1. The molecule has 0 fully saturated rings. The second-order valence-corrected chi connectivity index (χ2v) is 13.0. The number of amides is 3. The third-order valence-corrected chi connectivity index (χ3v) is 8.75. The first-order valence-corrected chi connectivity index (χ1v) is 17.9. The van der Waals surface area contributed by atoms with Crippen molar-refractivity contribution < 1.29 is 61.9 Å². The molecule has 4 rings (SSSR count). The van der Waals surface area contributed by atoms with Crippen molar-refractivity contribution in [2.75, 3.05) is 19.2 Å². The van der Waals surface area contributed by atoms with Crippen LogP contribution in [-0.4, -0.2) is 103 Å². The average Bonchev–Trinajstić information content (AvgIpc) is 3.18. The minimum Gasteiger partial charge on any atom is -0.479 e. The summed E-state index contributed by atoms with van der Waals surface area (Å²) in [5, 5.41) is 30.3. The maximum absolute atomic E-state index is 13.6. The number of aryl methyl sites for hydroxylation is 1. The predicted molar refractivity (Wildman–Crippen MR) is 202 cm³/mol. The molecule has 0 aliphatic carbocycles. The van der Waals surface area contributed by atoms with Gasteiger partial charge in [0.2, 0.25) is 19.2 Å². The summed E-state index contributed by atoms with van der Waals surface area (Å²) in [6, 6.07) is 9.36.